The summed E-state index contributed by atoms with van der Waals surface area (Å²) in [4.78, 5) is 16.5. The van der Waals surface area contributed by atoms with Crippen LogP contribution >= 0.6 is 0 Å². The van der Waals surface area contributed by atoms with Gasteiger partial charge in [-0.2, -0.15) is 5.26 Å². The Hall–Kier alpha value is -1.90. The molecule has 17 heavy (non-hydrogen) atoms. The number of benzene rings is 1. The van der Waals surface area contributed by atoms with Crippen molar-refractivity contribution < 1.29 is 14.7 Å². The van der Waals surface area contributed by atoms with Crippen LogP contribution in [0, 0.1) is 11.3 Å². The van der Waals surface area contributed by atoms with E-state index in [1.165, 1.54) is 0 Å². The monoisotopic (exact) mass is 232 g/mol. The van der Waals surface area contributed by atoms with Gasteiger partial charge in [-0.3, -0.25) is 9.63 Å². The molecule has 2 atom stereocenters. The van der Waals surface area contributed by atoms with Crippen molar-refractivity contribution in [3.63, 3.8) is 0 Å². The van der Waals surface area contributed by atoms with Crippen molar-refractivity contribution in [1.29, 1.82) is 5.26 Å². The third-order valence-electron chi connectivity index (χ3n) is 2.80. The molecule has 5 heteroatoms. The summed E-state index contributed by atoms with van der Waals surface area (Å²) in [6, 6.07) is 8.57. The number of nitrogens with zero attached hydrogens (tertiary/aromatic N) is 1. The third kappa shape index (κ3) is 2.44. The van der Waals surface area contributed by atoms with Gasteiger partial charge in [-0.25, -0.2) is 5.48 Å². The van der Waals surface area contributed by atoms with E-state index in [0.29, 0.717) is 24.1 Å². The van der Waals surface area contributed by atoms with Crippen LogP contribution in [0.5, 0.6) is 0 Å². The summed E-state index contributed by atoms with van der Waals surface area (Å²) in [5, 5.41) is 17.9. The van der Waals surface area contributed by atoms with E-state index in [4.69, 9.17) is 10.1 Å². The van der Waals surface area contributed by atoms with E-state index in [0.717, 1.165) is 0 Å². The topological polar surface area (TPSA) is 82.4 Å². The standard InChI is InChI=1S/C12H12N2O3/c13-7-8-1-3-9(4-2-8)11(12(15)16)10-5-6-14-17-10/h1-4,10-11,14H,5-6H2,(H,15,16). The first-order chi connectivity index (χ1) is 8.22. The molecule has 88 valence electrons. The van der Waals surface area contributed by atoms with E-state index >= 15 is 0 Å². The second kappa shape index (κ2) is 4.95. The van der Waals surface area contributed by atoms with Gasteiger partial charge in [0.2, 0.25) is 0 Å². The van der Waals surface area contributed by atoms with Crippen molar-refractivity contribution in [1.82, 2.24) is 5.48 Å². The highest BCUT2D eigenvalue weighted by Gasteiger charge is 2.33. The number of nitrogens with one attached hydrogen (secondary N) is 1. The number of carbonyl (C=O) groups is 1. The van der Waals surface area contributed by atoms with E-state index in [9.17, 15) is 9.90 Å². The summed E-state index contributed by atoms with van der Waals surface area (Å²) >= 11 is 0. The minimum atomic E-state index is -0.914. The first kappa shape index (κ1) is 11.6. The molecule has 1 aromatic rings. The zero-order chi connectivity index (χ0) is 12.3. The second-order valence-corrected chi connectivity index (χ2v) is 3.89. The molecule has 2 unspecified atom stereocenters. The zero-order valence-electron chi connectivity index (χ0n) is 9.09. The van der Waals surface area contributed by atoms with Gasteiger partial charge < -0.3 is 5.11 Å². The fourth-order valence-electron chi connectivity index (χ4n) is 1.94. The van der Waals surface area contributed by atoms with Crippen LogP contribution in [-0.2, 0) is 9.63 Å². The summed E-state index contributed by atoms with van der Waals surface area (Å²) in [6.45, 7) is 0.657. The summed E-state index contributed by atoms with van der Waals surface area (Å²) in [5.41, 5.74) is 3.86. The molecule has 1 saturated heterocycles. The van der Waals surface area contributed by atoms with E-state index in [2.05, 4.69) is 5.48 Å². The van der Waals surface area contributed by atoms with Gasteiger partial charge >= 0.3 is 5.97 Å². The summed E-state index contributed by atoms with van der Waals surface area (Å²) in [6.07, 6.45) is 0.303. The van der Waals surface area contributed by atoms with Crippen molar-refractivity contribution >= 4 is 5.97 Å². The van der Waals surface area contributed by atoms with Gasteiger partial charge in [0.1, 0.15) is 5.92 Å². The van der Waals surface area contributed by atoms with Crippen LogP contribution in [0.1, 0.15) is 23.5 Å². The van der Waals surface area contributed by atoms with Crippen molar-refractivity contribution in [2.24, 2.45) is 0 Å². The smallest absolute Gasteiger partial charge is 0.313 e. The quantitative estimate of drug-likeness (QED) is 0.813. The molecule has 2 N–H and O–H groups in total. The van der Waals surface area contributed by atoms with Gasteiger partial charge in [0.25, 0.3) is 0 Å². The van der Waals surface area contributed by atoms with Crippen molar-refractivity contribution in [2.45, 2.75) is 18.4 Å². The molecular weight excluding hydrogens is 220 g/mol. The van der Waals surface area contributed by atoms with Crippen LogP contribution < -0.4 is 5.48 Å². The van der Waals surface area contributed by atoms with Crippen LogP contribution in [0.3, 0.4) is 0 Å². The fraction of sp³-hybridized carbons (Fsp3) is 0.333. The largest absolute Gasteiger partial charge is 0.481 e. The number of hydrogen-bond acceptors (Lipinski definition) is 4. The molecule has 1 fully saturated rings. The lowest BCUT2D eigenvalue weighted by molar-refractivity contribution is -0.143. The Morgan fingerprint density at radius 3 is 2.71 bits per heavy atom. The number of nitriles is 1. The molecule has 1 aromatic carbocycles. The number of carboxylic acids is 1. The maximum absolute atomic E-state index is 11.3. The van der Waals surface area contributed by atoms with Crippen LogP contribution in [0.15, 0.2) is 24.3 Å². The molecule has 0 amide bonds. The minimum absolute atomic E-state index is 0.361. The van der Waals surface area contributed by atoms with Crippen LogP contribution in [0.4, 0.5) is 0 Å². The van der Waals surface area contributed by atoms with Crippen molar-refractivity contribution in [3.8, 4) is 6.07 Å². The lowest BCUT2D eigenvalue weighted by atomic mass is 9.91. The highest BCUT2D eigenvalue weighted by molar-refractivity contribution is 5.77. The van der Waals surface area contributed by atoms with Crippen LogP contribution in [-0.4, -0.2) is 23.7 Å². The van der Waals surface area contributed by atoms with Gasteiger partial charge in [-0.05, 0) is 24.1 Å². The number of aliphatic carboxylic acids is 1. The number of carboxylic acid groups (broad SMARTS) is 1. The molecule has 0 aliphatic carbocycles. The lowest BCUT2D eigenvalue weighted by Gasteiger charge is -2.18. The molecule has 0 saturated carbocycles. The summed E-state index contributed by atoms with van der Waals surface area (Å²) in [5.74, 6) is -1.61. The van der Waals surface area contributed by atoms with E-state index < -0.39 is 11.9 Å². The highest BCUT2D eigenvalue weighted by atomic mass is 16.7. The molecule has 0 bridgehead atoms. The van der Waals surface area contributed by atoms with Gasteiger partial charge in [-0.1, -0.05) is 12.1 Å². The maximum Gasteiger partial charge on any atom is 0.313 e. The Kier molecular flexibility index (Phi) is 3.38. The molecule has 0 aromatic heterocycles. The number of rotatable bonds is 3. The number of hydrogen-bond donors (Lipinski definition) is 2. The van der Waals surface area contributed by atoms with Gasteiger partial charge in [0.05, 0.1) is 17.7 Å². The second-order valence-electron chi connectivity index (χ2n) is 3.89. The Morgan fingerprint density at radius 1 is 1.53 bits per heavy atom. The maximum atomic E-state index is 11.3. The first-order valence-electron chi connectivity index (χ1n) is 5.34. The molecule has 0 radical (unpaired) electrons. The van der Waals surface area contributed by atoms with E-state index in [-0.39, 0.29) is 6.10 Å². The van der Waals surface area contributed by atoms with E-state index in [1.54, 1.807) is 24.3 Å². The molecule has 0 spiro atoms. The normalized spacial score (nSPS) is 20.8. The predicted octanol–water partition coefficient (Wildman–Crippen LogP) is 1.02. The first-order valence-corrected chi connectivity index (χ1v) is 5.34. The van der Waals surface area contributed by atoms with Crippen LogP contribution in [0.2, 0.25) is 0 Å². The van der Waals surface area contributed by atoms with Gasteiger partial charge in [0, 0.05) is 6.54 Å². The van der Waals surface area contributed by atoms with Gasteiger partial charge in [-0.15, -0.1) is 0 Å². The zero-order valence-corrected chi connectivity index (χ0v) is 9.09. The molecule has 2 rings (SSSR count). The average molecular weight is 232 g/mol. The lowest BCUT2D eigenvalue weighted by Crippen LogP contribution is -2.26. The molecule has 5 nitrogen and oxygen atoms in total. The average Bonchev–Trinajstić information content (AvgIpc) is 2.83. The Bertz CT molecular complexity index is 444. The molecule has 1 heterocycles. The fourth-order valence-corrected chi connectivity index (χ4v) is 1.94. The Balaban J connectivity index is 2.26. The summed E-state index contributed by atoms with van der Waals surface area (Å²) in [7, 11) is 0. The van der Waals surface area contributed by atoms with Crippen molar-refractivity contribution in [3.05, 3.63) is 35.4 Å². The van der Waals surface area contributed by atoms with Crippen LogP contribution in [0.25, 0.3) is 0 Å². The summed E-state index contributed by atoms with van der Waals surface area (Å²) < 4.78 is 0. The number of hydroxylamine groups is 1. The van der Waals surface area contributed by atoms with Gasteiger partial charge in [0.15, 0.2) is 0 Å². The molecule has 1 aliphatic rings. The van der Waals surface area contributed by atoms with Crippen molar-refractivity contribution in [2.75, 3.05) is 6.54 Å². The SMILES string of the molecule is N#Cc1ccc(C(C(=O)O)C2CCNO2)cc1. The highest BCUT2D eigenvalue weighted by Crippen LogP contribution is 2.26. The Labute approximate surface area is 98.6 Å². The third-order valence-corrected chi connectivity index (χ3v) is 2.80. The predicted molar refractivity (Wildman–Crippen MR) is 59.0 cm³/mol. The van der Waals surface area contributed by atoms with E-state index in [1.807, 2.05) is 6.07 Å². The minimum Gasteiger partial charge on any atom is -0.481 e. The molecular formula is C12H12N2O3. The Morgan fingerprint density at radius 2 is 2.24 bits per heavy atom. The molecule has 1 aliphatic heterocycles.